The fourth-order valence-electron chi connectivity index (χ4n) is 3.03. The molecule has 1 amide bonds. The Balaban J connectivity index is 1.77. The van der Waals surface area contributed by atoms with E-state index in [-0.39, 0.29) is 15.6 Å². The zero-order valence-corrected chi connectivity index (χ0v) is 20.4. The molecule has 0 saturated carbocycles. The van der Waals surface area contributed by atoms with Crippen LogP contribution in [-0.2, 0) is 16.6 Å². The normalized spacial score (nSPS) is 11.5. The van der Waals surface area contributed by atoms with Crippen molar-refractivity contribution in [2.75, 3.05) is 18.4 Å². The summed E-state index contributed by atoms with van der Waals surface area (Å²) in [5.41, 5.74) is 1.39. The fraction of sp³-hybridized carbons (Fsp3) is 0.273. The number of hydrogen-bond donors (Lipinski definition) is 1. The first kappa shape index (κ1) is 24.2. The number of nitrogens with zero attached hydrogens (tertiary/aromatic N) is 2. The molecular formula is C22H24ClN3O4S2. The Morgan fingerprint density at radius 3 is 2.59 bits per heavy atom. The molecule has 32 heavy (non-hydrogen) atoms. The molecule has 0 aliphatic carbocycles. The first-order valence-corrected chi connectivity index (χ1v) is 12.7. The number of aromatic nitrogens is 1. The number of amides is 1. The van der Waals surface area contributed by atoms with Gasteiger partial charge in [-0.3, -0.25) is 4.79 Å². The van der Waals surface area contributed by atoms with Crippen LogP contribution in [-0.4, -0.2) is 36.7 Å². The lowest BCUT2D eigenvalue weighted by Gasteiger charge is -2.19. The molecule has 10 heteroatoms. The number of aryl methyl sites for hydroxylation is 1. The molecule has 1 N–H and O–H groups in total. The molecule has 3 aromatic rings. The average molecular weight is 494 g/mol. The van der Waals surface area contributed by atoms with Crippen molar-refractivity contribution in [1.82, 2.24) is 9.29 Å². The minimum atomic E-state index is -3.68. The SMILES string of the molecule is CCN(CC)S(=O)(=O)c1ccc(Cl)c(NC(=O)c2cccc(OCc3csc(C)n3)c2)c1. The molecule has 1 heterocycles. The molecule has 0 saturated heterocycles. The summed E-state index contributed by atoms with van der Waals surface area (Å²) in [7, 11) is -3.68. The lowest BCUT2D eigenvalue weighted by molar-refractivity contribution is 0.102. The number of thiazole rings is 1. The van der Waals surface area contributed by atoms with Gasteiger partial charge in [0.1, 0.15) is 12.4 Å². The topological polar surface area (TPSA) is 88.6 Å². The molecule has 0 bridgehead atoms. The van der Waals surface area contributed by atoms with E-state index >= 15 is 0 Å². The standard InChI is InChI=1S/C22H24ClN3O4S2/c1-4-26(5-2)32(28,29)19-9-10-20(23)21(12-19)25-22(27)16-7-6-8-18(11-16)30-13-17-14-31-15(3)24-17/h6-12,14H,4-5,13H2,1-3H3,(H,25,27). The molecule has 0 fully saturated rings. The zero-order chi connectivity index (χ0) is 23.3. The second kappa shape index (κ2) is 10.4. The summed E-state index contributed by atoms with van der Waals surface area (Å²) in [6.45, 7) is 6.44. The number of sulfonamides is 1. The summed E-state index contributed by atoms with van der Waals surface area (Å²) in [6, 6.07) is 11.0. The molecular weight excluding hydrogens is 470 g/mol. The van der Waals surface area contributed by atoms with Crippen LogP contribution in [0.3, 0.4) is 0 Å². The smallest absolute Gasteiger partial charge is 0.255 e. The van der Waals surface area contributed by atoms with E-state index in [0.717, 1.165) is 10.7 Å². The van der Waals surface area contributed by atoms with E-state index in [0.29, 0.717) is 31.0 Å². The van der Waals surface area contributed by atoms with Gasteiger partial charge in [-0.1, -0.05) is 31.5 Å². The predicted molar refractivity (Wildman–Crippen MR) is 127 cm³/mol. The van der Waals surface area contributed by atoms with Crippen LogP contribution in [0.5, 0.6) is 5.75 Å². The number of carbonyl (C=O) groups is 1. The number of rotatable bonds is 9. The molecule has 0 spiro atoms. The van der Waals surface area contributed by atoms with Crippen molar-refractivity contribution in [3.8, 4) is 5.75 Å². The number of halogens is 1. The number of ether oxygens (including phenoxy) is 1. The minimum Gasteiger partial charge on any atom is -0.487 e. The highest BCUT2D eigenvalue weighted by Gasteiger charge is 2.23. The van der Waals surface area contributed by atoms with E-state index in [1.165, 1.54) is 22.5 Å². The molecule has 0 atom stereocenters. The van der Waals surface area contributed by atoms with Crippen molar-refractivity contribution < 1.29 is 17.9 Å². The summed E-state index contributed by atoms with van der Waals surface area (Å²) in [4.78, 5) is 17.2. The molecule has 3 rings (SSSR count). The largest absolute Gasteiger partial charge is 0.487 e. The first-order valence-electron chi connectivity index (χ1n) is 9.99. The van der Waals surface area contributed by atoms with E-state index < -0.39 is 15.9 Å². The van der Waals surface area contributed by atoms with Gasteiger partial charge in [0.15, 0.2) is 0 Å². The van der Waals surface area contributed by atoms with Crippen LogP contribution in [0.25, 0.3) is 0 Å². The highest BCUT2D eigenvalue weighted by molar-refractivity contribution is 7.89. The third-order valence-electron chi connectivity index (χ3n) is 4.68. The Morgan fingerprint density at radius 1 is 1.19 bits per heavy atom. The Bertz CT molecular complexity index is 1210. The summed E-state index contributed by atoms with van der Waals surface area (Å²) in [5, 5.41) is 5.82. The highest BCUT2D eigenvalue weighted by Crippen LogP contribution is 2.28. The lowest BCUT2D eigenvalue weighted by Crippen LogP contribution is -2.30. The second-order valence-electron chi connectivity index (χ2n) is 6.86. The van der Waals surface area contributed by atoms with Gasteiger partial charge in [0.05, 0.1) is 26.3 Å². The zero-order valence-electron chi connectivity index (χ0n) is 18.0. The van der Waals surface area contributed by atoms with Crippen LogP contribution in [0, 0.1) is 6.92 Å². The first-order chi connectivity index (χ1) is 15.2. The summed E-state index contributed by atoms with van der Waals surface area (Å²) >= 11 is 7.77. The van der Waals surface area contributed by atoms with Gasteiger partial charge in [-0.05, 0) is 43.3 Å². The van der Waals surface area contributed by atoms with Gasteiger partial charge in [0.25, 0.3) is 5.91 Å². The third kappa shape index (κ3) is 5.66. The average Bonchev–Trinajstić information content (AvgIpc) is 3.19. The van der Waals surface area contributed by atoms with Gasteiger partial charge in [-0.2, -0.15) is 4.31 Å². The number of hydrogen-bond acceptors (Lipinski definition) is 6. The Morgan fingerprint density at radius 2 is 1.94 bits per heavy atom. The maximum atomic E-state index is 12.8. The van der Waals surface area contributed by atoms with Crippen molar-refractivity contribution in [3.05, 3.63) is 69.1 Å². The summed E-state index contributed by atoms with van der Waals surface area (Å²) in [6.07, 6.45) is 0. The molecule has 1 aromatic heterocycles. The van der Waals surface area contributed by atoms with Crippen molar-refractivity contribution >= 4 is 44.6 Å². The van der Waals surface area contributed by atoms with Crippen LogP contribution < -0.4 is 10.1 Å². The molecule has 170 valence electrons. The minimum absolute atomic E-state index is 0.0662. The van der Waals surface area contributed by atoms with Crippen LogP contribution in [0.1, 0.15) is 34.9 Å². The predicted octanol–water partition coefficient (Wildman–Crippen LogP) is 4.97. The maximum Gasteiger partial charge on any atom is 0.255 e. The van der Waals surface area contributed by atoms with E-state index in [1.54, 1.807) is 49.4 Å². The number of nitrogens with one attached hydrogen (secondary N) is 1. The fourth-order valence-corrected chi connectivity index (χ4v) is 5.27. The van der Waals surface area contributed by atoms with Crippen molar-refractivity contribution in [3.63, 3.8) is 0 Å². The van der Waals surface area contributed by atoms with Crippen LogP contribution in [0.15, 0.2) is 52.7 Å². The Labute approximate surface area is 197 Å². The highest BCUT2D eigenvalue weighted by atomic mass is 35.5. The van der Waals surface area contributed by atoms with Crippen molar-refractivity contribution in [2.24, 2.45) is 0 Å². The van der Waals surface area contributed by atoms with Crippen LogP contribution in [0.4, 0.5) is 5.69 Å². The number of anilines is 1. The second-order valence-corrected chi connectivity index (χ2v) is 10.3. The van der Waals surface area contributed by atoms with E-state index in [1.807, 2.05) is 12.3 Å². The van der Waals surface area contributed by atoms with E-state index in [2.05, 4.69) is 10.3 Å². The maximum absolute atomic E-state index is 12.8. The summed E-state index contributed by atoms with van der Waals surface area (Å²) < 4.78 is 32.7. The van der Waals surface area contributed by atoms with Gasteiger partial charge in [-0.15, -0.1) is 11.3 Å². The van der Waals surface area contributed by atoms with Gasteiger partial charge < -0.3 is 10.1 Å². The van der Waals surface area contributed by atoms with Crippen molar-refractivity contribution in [1.29, 1.82) is 0 Å². The number of benzene rings is 2. The quantitative estimate of drug-likeness (QED) is 0.454. The van der Waals surface area contributed by atoms with Crippen LogP contribution in [0.2, 0.25) is 5.02 Å². The molecule has 0 aliphatic rings. The number of carbonyl (C=O) groups excluding carboxylic acids is 1. The van der Waals surface area contributed by atoms with Crippen molar-refractivity contribution in [2.45, 2.75) is 32.3 Å². The Kier molecular flexibility index (Phi) is 7.89. The molecule has 0 unspecified atom stereocenters. The van der Waals surface area contributed by atoms with Gasteiger partial charge >= 0.3 is 0 Å². The summed E-state index contributed by atoms with van der Waals surface area (Å²) in [5.74, 6) is 0.0894. The van der Waals surface area contributed by atoms with E-state index in [4.69, 9.17) is 16.3 Å². The molecule has 7 nitrogen and oxygen atoms in total. The van der Waals surface area contributed by atoms with Crippen LogP contribution >= 0.6 is 22.9 Å². The van der Waals surface area contributed by atoms with Gasteiger partial charge in [0.2, 0.25) is 10.0 Å². The Hall–Kier alpha value is -2.46. The lowest BCUT2D eigenvalue weighted by atomic mass is 10.2. The molecule has 2 aromatic carbocycles. The monoisotopic (exact) mass is 493 g/mol. The van der Waals surface area contributed by atoms with Gasteiger partial charge in [0, 0.05) is 24.0 Å². The van der Waals surface area contributed by atoms with E-state index in [9.17, 15) is 13.2 Å². The molecule has 0 aliphatic heterocycles. The molecule has 0 radical (unpaired) electrons. The third-order valence-corrected chi connectivity index (χ3v) is 7.88. The van der Waals surface area contributed by atoms with Gasteiger partial charge in [-0.25, -0.2) is 13.4 Å².